The van der Waals surface area contributed by atoms with Gasteiger partial charge in [-0.15, -0.1) is 11.6 Å². The summed E-state index contributed by atoms with van der Waals surface area (Å²) in [7, 11) is 0. The Bertz CT molecular complexity index is 646. The Morgan fingerprint density at radius 2 is 1.70 bits per heavy atom. The van der Waals surface area contributed by atoms with Gasteiger partial charge in [0.25, 0.3) is 0 Å². The summed E-state index contributed by atoms with van der Waals surface area (Å²) in [5, 5.41) is -0.252. The molecule has 0 saturated carbocycles. The molecule has 0 N–H and O–H groups in total. The average molecular weight is 419 g/mol. The molecule has 2 nitrogen and oxygen atoms in total. The van der Waals surface area contributed by atoms with E-state index in [1.54, 1.807) is 0 Å². The molecule has 0 radical (unpaired) electrons. The molecule has 0 fully saturated rings. The van der Waals surface area contributed by atoms with Gasteiger partial charge in [-0.25, -0.2) is 0 Å². The summed E-state index contributed by atoms with van der Waals surface area (Å²) in [6.45, 7) is 1.16. The van der Waals surface area contributed by atoms with E-state index in [9.17, 15) is 0 Å². The van der Waals surface area contributed by atoms with E-state index in [-0.39, 0.29) is 5.38 Å². The Hall–Kier alpha value is -0.710. The third-order valence-electron chi connectivity index (χ3n) is 3.09. The fourth-order valence-corrected chi connectivity index (χ4v) is 3.41. The smallest absolute Gasteiger partial charge is 0.161 e. The standard InChI is InChI=1S/C15H11Br2ClO2/c16-10-2-3-12(17)11(8-10)15(18)9-1-4-13-14(7-9)20-6-5-19-13/h1-4,7-8,15H,5-6H2. The summed E-state index contributed by atoms with van der Waals surface area (Å²) >= 11 is 13.6. The molecule has 0 amide bonds. The molecule has 1 unspecified atom stereocenters. The minimum absolute atomic E-state index is 0.252. The molecule has 2 aromatic rings. The van der Waals surface area contributed by atoms with E-state index in [2.05, 4.69) is 31.9 Å². The molecule has 104 valence electrons. The first-order valence-corrected chi connectivity index (χ1v) is 8.16. The van der Waals surface area contributed by atoms with Crippen LogP contribution in [0.25, 0.3) is 0 Å². The zero-order chi connectivity index (χ0) is 14.1. The molecule has 5 heteroatoms. The molecular formula is C15H11Br2ClO2. The lowest BCUT2D eigenvalue weighted by Crippen LogP contribution is -2.15. The van der Waals surface area contributed by atoms with Crippen molar-refractivity contribution in [1.82, 2.24) is 0 Å². The number of benzene rings is 2. The highest BCUT2D eigenvalue weighted by Gasteiger charge is 2.18. The second kappa shape index (κ2) is 5.96. The van der Waals surface area contributed by atoms with E-state index in [1.807, 2.05) is 36.4 Å². The summed E-state index contributed by atoms with van der Waals surface area (Å²) in [6.07, 6.45) is 0. The molecule has 0 spiro atoms. The molecule has 2 aromatic carbocycles. The third-order valence-corrected chi connectivity index (χ3v) is 4.79. The van der Waals surface area contributed by atoms with E-state index < -0.39 is 0 Å². The number of ether oxygens (including phenoxy) is 2. The van der Waals surface area contributed by atoms with Crippen molar-refractivity contribution < 1.29 is 9.47 Å². The first-order valence-electron chi connectivity index (χ1n) is 6.14. The van der Waals surface area contributed by atoms with Gasteiger partial charge in [0.1, 0.15) is 13.2 Å². The van der Waals surface area contributed by atoms with Crippen LogP contribution in [-0.4, -0.2) is 13.2 Å². The van der Waals surface area contributed by atoms with Gasteiger partial charge in [0.15, 0.2) is 11.5 Å². The molecule has 0 saturated heterocycles. The van der Waals surface area contributed by atoms with Gasteiger partial charge in [0.05, 0.1) is 5.38 Å². The summed E-state index contributed by atoms with van der Waals surface area (Å²) < 4.78 is 13.1. The van der Waals surface area contributed by atoms with Crippen molar-refractivity contribution in [2.24, 2.45) is 0 Å². The Balaban J connectivity index is 1.97. The van der Waals surface area contributed by atoms with Crippen molar-refractivity contribution in [2.75, 3.05) is 13.2 Å². The monoisotopic (exact) mass is 416 g/mol. The molecule has 0 aromatic heterocycles. The zero-order valence-corrected chi connectivity index (χ0v) is 14.3. The SMILES string of the molecule is ClC(c1ccc2c(c1)OCCO2)c1cc(Br)ccc1Br. The van der Waals surface area contributed by atoms with E-state index in [0.29, 0.717) is 13.2 Å². The fraction of sp³-hybridized carbons (Fsp3) is 0.200. The van der Waals surface area contributed by atoms with Crippen LogP contribution in [0.1, 0.15) is 16.5 Å². The van der Waals surface area contributed by atoms with Gasteiger partial charge < -0.3 is 9.47 Å². The summed E-state index contributed by atoms with van der Waals surface area (Å²) in [5.74, 6) is 1.53. The number of fused-ring (bicyclic) bond motifs is 1. The number of hydrogen-bond donors (Lipinski definition) is 0. The molecule has 0 aliphatic carbocycles. The summed E-state index contributed by atoms with van der Waals surface area (Å²) in [4.78, 5) is 0. The molecule has 1 aliphatic heterocycles. The van der Waals surface area contributed by atoms with Crippen LogP contribution >= 0.6 is 43.5 Å². The third kappa shape index (κ3) is 2.83. The number of rotatable bonds is 2. The molecular weight excluding hydrogens is 407 g/mol. The summed E-state index contributed by atoms with van der Waals surface area (Å²) in [5.41, 5.74) is 1.99. The molecule has 20 heavy (non-hydrogen) atoms. The maximum Gasteiger partial charge on any atom is 0.161 e. The van der Waals surface area contributed by atoms with Crippen molar-refractivity contribution in [3.05, 3.63) is 56.5 Å². The van der Waals surface area contributed by atoms with Crippen LogP contribution in [0.15, 0.2) is 45.3 Å². The zero-order valence-electron chi connectivity index (χ0n) is 10.4. The topological polar surface area (TPSA) is 18.5 Å². The average Bonchev–Trinajstić information content (AvgIpc) is 2.48. The minimum atomic E-state index is -0.252. The van der Waals surface area contributed by atoms with Crippen LogP contribution in [0.4, 0.5) is 0 Å². The lowest BCUT2D eigenvalue weighted by molar-refractivity contribution is 0.171. The number of halogens is 3. The van der Waals surface area contributed by atoms with Crippen LogP contribution in [0.2, 0.25) is 0 Å². The Kier molecular flexibility index (Phi) is 4.24. The van der Waals surface area contributed by atoms with Crippen molar-refractivity contribution in [3.63, 3.8) is 0 Å². The van der Waals surface area contributed by atoms with E-state index in [0.717, 1.165) is 31.6 Å². The molecule has 3 rings (SSSR count). The number of hydrogen-bond acceptors (Lipinski definition) is 2. The van der Waals surface area contributed by atoms with Gasteiger partial charge in [0.2, 0.25) is 0 Å². The van der Waals surface area contributed by atoms with Gasteiger partial charge in [-0.05, 0) is 41.5 Å². The first kappa shape index (κ1) is 14.2. The second-order valence-electron chi connectivity index (χ2n) is 4.43. The van der Waals surface area contributed by atoms with Gasteiger partial charge in [-0.3, -0.25) is 0 Å². The molecule has 1 heterocycles. The Morgan fingerprint density at radius 1 is 0.950 bits per heavy atom. The maximum atomic E-state index is 6.60. The molecule has 1 aliphatic rings. The van der Waals surface area contributed by atoms with E-state index in [4.69, 9.17) is 21.1 Å². The highest BCUT2D eigenvalue weighted by molar-refractivity contribution is 9.11. The van der Waals surface area contributed by atoms with E-state index >= 15 is 0 Å². The normalized spacial score (nSPS) is 14.9. The number of alkyl halides is 1. The molecule has 0 bridgehead atoms. The van der Waals surface area contributed by atoms with Crippen molar-refractivity contribution in [3.8, 4) is 11.5 Å². The van der Waals surface area contributed by atoms with Gasteiger partial charge in [-0.2, -0.15) is 0 Å². The largest absolute Gasteiger partial charge is 0.486 e. The first-order chi connectivity index (χ1) is 9.65. The lowest BCUT2D eigenvalue weighted by Gasteiger charge is -2.20. The van der Waals surface area contributed by atoms with Crippen LogP contribution < -0.4 is 9.47 Å². The van der Waals surface area contributed by atoms with Crippen LogP contribution in [0.5, 0.6) is 11.5 Å². The fourth-order valence-electron chi connectivity index (χ4n) is 2.11. The van der Waals surface area contributed by atoms with Crippen molar-refractivity contribution in [2.45, 2.75) is 5.38 Å². The predicted octanol–water partition coefficient (Wildman–Crippen LogP) is 5.31. The predicted molar refractivity (Wildman–Crippen MR) is 87.0 cm³/mol. The lowest BCUT2D eigenvalue weighted by atomic mass is 10.0. The van der Waals surface area contributed by atoms with Crippen molar-refractivity contribution >= 4 is 43.5 Å². The van der Waals surface area contributed by atoms with Gasteiger partial charge in [-0.1, -0.05) is 37.9 Å². The van der Waals surface area contributed by atoms with Crippen LogP contribution in [0, 0.1) is 0 Å². The molecule has 1 atom stereocenters. The Labute approximate surface area is 139 Å². The highest BCUT2D eigenvalue weighted by atomic mass is 79.9. The second-order valence-corrected chi connectivity index (χ2v) is 6.64. The van der Waals surface area contributed by atoms with Crippen LogP contribution in [-0.2, 0) is 0 Å². The van der Waals surface area contributed by atoms with Gasteiger partial charge in [0, 0.05) is 8.95 Å². The van der Waals surface area contributed by atoms with Crippen LogP contribution in [0.3, 0.4) is 0 Å². The Morgan fingerprint density at radius 3 is 2.50 bits per heavy atom. The maximum absolute atomic E-state index is 6.60. The van der Waals surface area contributed by atoms with Gasteiger partial charge >= 0.3 is 0 Å². The summed E-state index contributed by atoms with van der Waals surface area (Å²) in [6, 6.07) is 11.8. The minimum Gasteiger partial charge on any atom is -0.486 e. The highest BCUT2D eigenvalue weighted by Crippen LogP contribution is 2.39. The van der Waals surface area contributed by atoms with E-state index in [1.165, 1.54) is 0 Å². The quantitative estimate of drug-likeness (QED) is 0.616. The van der Waals surface area contributed by atoms with Crippen molar-refractivity contribution in [1.29, 1.82) is 0 Å².